The second-order valence-corrected chi connectivity index (χ2v) is 6.70. The first-order chi connectivity index (χ1) is 12.3. The molecule has 2 aromatic rings. The summed E-state index contributed by atoms with van der Waals surface area (Å²) in [4.78, 5) is 5.84. The molecule has 0 bridgehead atoms. The van der Waals surface area contributed by atoms with Crippen molar-refractivity contribution in [1.82, 2.24) is 0 Å². The second kappa shape index (κ2) is 7.83. The van der Waals surface area contributed by atoms with Crippen LogP contribution in [0.5, 0.6) is 11.5 Å². The number of fused-ring (bicyclic) bond motifs is 1. The van der Waals surface area contributed by atoms with Crippen molar-refractivity contribution in [2.24, 2.45) is 4.99 Å². The molecule has 1 aromatic heterocycles. The van der Waals surface area contributed by atoms with Gasteiger partial charge in [-0.2, -0.15) is 10.5 Å². The Morgan fingerprint density at radius 2 is 2.08 bits per heavy atom. The predicted molar refractivity (Wildman–Crippen MR) is 97.0 cm³/mol. The molecule has 0 N–H and O–H groups in total. The van der Waals surface area contributed by atoms with Crippen LogP contribution in [-0.2, 0) is 12.8 Å². The van der Waals surface area contributed by atoms with Crippen molar-refractivity contribution in [2.75, 3.05) is 13.7 Å². The van der Waals surface area contributed by atoms with E-state index >= 15 is 0 Å². The number of hydrogen-bond acceptors (Lipinski definition) is 6. The summed E-state index contributed by atoms with van der Waals surface area (Å²) in [6.07, 6.45) is 6.08. The van der Waals surface area contributed by atoms with E-state index in [0.717, 1.165) is 35.4 Å². The summed E-state index contributed by atoms with van der Waals surface area (Å²) >= 11 is 1.62. The van der Waals surface area contributed by atoms with Gasteiger partial charge in [0.1, 0.15) is 17.1 Å². The summed E-state index contributed by atoms with van der Waals surface area (Å²) in [5, 5.41) is 18.9. The van der Waals surface area contributed by atoms with Crippen LogP contribution in [-0.4, -0.2) is 19.9 Å². The van der Waals surface area contributed by atoms with Crippen LogP contribution in [0.1, 0.15) is 34.4 Å². The summed E-state index contributed by atoms with van der Waals surface area (Å²) in [6, 6.07) is 9.65. The van der Waals surface area contributed by atoms with Gasteiger partial charge in [-0.15, -0.1) is 11.3 Å². The molecule has 0 unspecified atom stereocenters. The van der Waals surface area contributed by atoms with Crippen LogP contribution in [0.4, 0.5) is 5.00 Å². The number of ether oxygens (including phenoxy) is 2. The molecular weight excluding hydrogens is 334 g/mol. The van der Waals surface area contributed by atoms with Crippen LogP contribution in [0.15, 0.2) is 23.2 Å². The highest BCUT2D eigenvalue weighted by Crippen LogP contribution is 2.39. The van der Waals surface area contributed by atoms with Gasteiger partial charge in [-0.25, -0.2) is 4.99 Å². The Kier molecular flexibility index (Phi) is 5.33. The van der Waals surface area contributed by atoms with Crippen molar-refractivity contribution >= 4 is 22.6 Å². The molecule has 1 aliphatic carbocycles. The largest absolute Gasteiger partial charge is 0.493 e. The van der Waals surface area contributed by atoms with E-state index in [9.17, 15) is 5.26 Å². The number of benzene rings is 1. The van der Waals surface area contributed by atoms with Gasteiger partial charge >= 0.3 is 0 Å². The topological polar surface area (TPSA) is 78.4 Å². The molecule has 0 saturated carbocycles. The number of methoxy groups -OCH3 is 1. The third kappa shape index (κ3) is 3.65. The van der Waals surface area contributed by atoms with Crippen molar-refractivity contribution < 1.29 is 9.47 Å². The summed E-state index contributed by atoms with van der Waals surface area (Å²) in [5.41, 5.74) is 2.75. The molecule has 126 valence electrons. The first kappa shape index (κ1) is 17.0. The molecule has 1 aromatic carbocycles. The van der Waals surface area contributed by atoms with Crippen molar-refractivity contribution in [1.29, 1.82) is 10.5 Å². The average Bonchev–Trinajstić information content (AvgIpc) is 3.02. The normalized spacial score (nSPS) is 13.1. The smallest absolute Gasteiger partial charge is 0.174 e. The van der Waals surface area contributed by atoms with Crippen molar-refractivity contribution in [3.8, 4) is 23.6 Å². The van der Waals surface area contributed by atoms with Gasteiger partial charge in [0.05, 0.1) is 12.7 Å². The van der Waals surface area contributed by atoms with Gasteiger partial charge in [-0.3, -0.25) is 0 Å². The highest BCUT2D eigenvalue weighted by molar-refractivity contribution is 7.16. The van der Waals surface area contributed by atoms with E-state index in [-0.39, 0.29) is 6.61 Å². The van der Waals surface area contributed by atoms with E-state index in [1.807, 2.05) is 12.1 Å². The number of aliphatic imine (C=N–C) groups is 1. The van der Waals surface area contributed by atoms with Crippen molar-refractivity contribution in [3.05, 3.63) is 39.8 Å². The lowest BCUT2D eigenvalue weighted by Crippen LogP contribution is -1.99. The van der Waals surface area contributed by atoms with Gasteiger partial charge in [-0.05, 0) is 55.0 Å². The fourth-order valence-corrected chi connectivity index (χ4v) is 4.07. The third-order valence-electron chi connectivity index (χ3n) is 4.08. The molecule has 0 saturated heterocycles. The molecule has 0 spiro atoms. The highest BCUT2D eigenvalue weighted by atomic mass is 32.1. The van der Waals surface area contributed by atoms with Crippen LogP contribution >= 0.6 is 11.3 Å². The van der Waals surface area contributed by atoms with Gasteiger partial charge < -0.3 is 9.47 Å². The monoisotopic (exact) mass is 351 g/mol. The third-order valence-corrected chi connectivity index (χ3v) is 5.28. The molecule has 6 heteroatoms. The van der Waals surface area contributed by atoms with Gasteiger partial charge in [0, 0.05) is 11.1 Å². The van der Waals surface area contributed by atoms with Gasteiger partial charge in [0.15, 0.2) is 18.1 Å². The number of hydrogen-bond donors (Lipinski definition) is 0. The van der Waals surface area contributed by atoms with Crippen LogP contribution < -0.4 is 9.47 Å². The molecular formula is C19H17N3O2S. The Morgan fingerprint density at radius 3 is 2.84 bits per heavy atom. The molecule has 0 atom stereocenters. The molecule has 0 aliphatic heterocycles. The molecule has 0 fully saturated rings. The maximum absolute atomic E-state index is 9.48. The Hall–Kier alpha value is -2.83. The average molecular weight is 351 g/mol. The molecule has 0 radical (unpaired) electrons. The number of nitriles is 2. The quantitative estimate of drug-likeness (QED) is 0.758. The van der Waals surface area contributed by atoms with E-state index < -0.39 is 0 Å². The SMILES string of the molecule is COc1cc(C=Nc2sc3c(c2C#N)CCCC3)ccc1OCC#N. The van der Waals surface area contributed by atoms with Gasteiger partial charge in [-0.1, -0.05) is 0 Å². The Bertz CT molecular complexity index is 887. The van der Waals surface area contributed by atoms with Gasteiger partial charge in [0.25, 0.3) is 0 Å². The lowest BCUT2D eigenvalue weighted by molar-refractivity contribution is 0.329. The van der Waals surface area contributed by atoms with E-state index in [2.05, 4.69) is 11.1 Å². The zero-order chi connectivity index (χ0) is 17.6. The standard InChI is InChI=1S/C19H17N3O2S/c1-23-17-10-13(6-7-16(17)24-9-8-20)12-22-19-15(11-21)14-4-2-3-5-18(14)25-19/h6-7,10,12H,2-5,9H2,1H3. The first-order valence-corrected chi connectivity index (χ1v) is 8.85. The van der Waals surface area contributed by atoms with Crippen LogP contribution in [0, 0.1) is 22.7 Å². The second-order valence-electron chi connectivity index (χ2n) is 5.62. The minimum Gasteiger partial charge on any atom is -0.493 e. The van der Waals surface area contributed by atoms with Crippen LogP contribution in [0.25, 0.3) is 0 Å². The zero-order valence-electron chi connectivity index (χ0n) is 13.9. The molecule has 1 aliphatic rings. The molecule has 25 heavy (non-hydrogen) atoms. The number of nitrogens with zero attached hydrogens (tertiary/aromatic N) is 3. The number of rotatable bonds is 5. The summed E-state index contributed by atoms with van der Waals surface area (Å²) in [5.74, 6) is 1.07. The fourth-order valence-electron chi connectivity index (χ4n) is 2.88. The van der Waals surface area contributed by atoms with E-state index in [1.165, 1.54) is 16.9 Å². The fraction of sp³-hybridized carbons (Fsp3) is 0.316. The zero-order valence-corrected chi connectivity index (χ0v) is 14.7. The van der Waals surface area contributed by atoms with Crippen molar-refractivity contribution in [2.45, 2.75) is 25.7 Å². The maximum Gasteiger partial charge on any atom is 0.174 e. The van der Waals surface area contributed by atoms with E-state index in [1.54, 1.807) is 36.8 Å². The molecule has 0 amide bonds. The summed E-state index contributed by atoms with van der Waals surface area (Å²) in [7, 11) is 1.55. The van der Waals surface area contributed by atoms with Crippen LogP contribution in [0.3, 0.4) is 0 Å². The minimum atomic E-state index is -0.0317. The number of thiophene rings is 1. The summed E-state index contributed by atoms with van der Waals surface area (Å²) in [6.45, 7) is -0.0317. The van der Waals surface area contributed by atoms with Crippen molar-refractivity contribution in [3.63, 3.8) is 0 Å². The lowest BCUT2D eigenvalue weighted by Gasteiger charge is -2.09. The van der Waals surface area contributed by atoms with Gasteiger partial charge in [0.2, 0.25) is 0 Å². The molecule has 1 heterocycles. The first-order valence-electron chi connectivity index (χ1n) is 8.03. The predicted octanol–water partition coefficient (Wildman–Crippen LogP) is 4.16. The lowest BCUT2D eigenvalue weighted by atomic mass is 9.96. The van der Waals surface area contributed by atoms with E-state index in [4.69, 9.17) is 14.7 Å². The molecule has 3 rings (SSSR count). The molecule has 5 nitrogen and oxygen atoms in total. The van der Waals surface area contributed by atoms with Crippen LogP contribution in [0.2, 0.25) is 0 Å². The minimum absolute atomic E-state index is 0.0317. The van der Waals surface area contributed by atoms with E-state index in [0.29, 0.717) is 11.5 Å². The summed E-state index contributed by atoms with van der Waals surface area (Å²) < 4.78 is 10.6. The number of aryl methyl sites for hydroxylation is 1. The highest BCUT2D eigenvalue weighted by Gasteiger charge is 2.20. The Labute approximate surface area is 150 Å². The Balaban J connectivity index is 1.86. The Morgan fingerprint density at radius 1 is 1.24 bits per heavy atom. The maximum atomic E-state index is 9.48.